The van der Waals surface area contributed by atoms with E-state index in [1.54, 1.807) is 0 Å². The van der Waals surface area contributed by atoms with Crippen molar-refractivity contribution in [1.29, 1.82) is 0 Å². The SMILES string of the molecule is CC(C)(Oc1ccc(F)cc1)C(=O)[O-]. The van der Waals surface area contributed by atoms with Crippen LogP contribution in [0.15, 0.2) is 24.3 Å². The Bertz CT molecular complexity index is 330. The first-order valence-corrected chi connectivity index (χ1v) is 4.08. The third kappa shape index (κ3) is 2.45. The summed E-state index contributed by atoms with van der Waals surface area (Å²) in [7, 11) is 0. The third-order valence-electron chi connectivity index (χ3n) is 1.68. The second kappa shape index (κ2) is 3.65. The van der Waals surface area contributed by atoms with E-state index in [4.69, 9.17) is 4.74 Å². The van der Waals surface area contributed by atoms with Gasteiger partial charge in [0, 0.05) is 0 Å². The number of carbonyl (C=O) groups excluding carboxylic acids is 1. The Morgan fingerprint density at radius 3 is 2.29 bits per heavy atom. The van der Waals surface area contributed by atoms with Crippen LogP contribution in [-0.2, 0) is 4.79 Å². The summed E-state index contributed by atoms with van der Waals surface area (Å²) in [6.45, 7) is 2.73. The second-order valence-electron chi connectivity index (χ2n) is 3.35. The van der Waals surface area contributed by atoms with Crippen LogP contribution >= 0.6 is 0 Å². The zero-order valence-corrected chi connectivity index (χ0v) is 7.91. The molecule has 0 amide bonds. The fourth-order valence-electron chi connectivity index (χ4n) is 0.839. The largest absolute Gasteiger partial charge is 0.546 e. The van der Waals surface area contributed by atoms with Crippen molar-refractivity contribution in [3.63, 3.8) is 0 Å². The Morgan fingerprint density at radius 1 is 1.36 bits per heavy atom. The predicted octanol–water partition coefficient (Wildman–Crippen LogP) is 0.733. The first kappa shape index (κ1) is 10.5. The highest BCUT2D eigenvalue weighted by atomic mass is 19.1. The first-order valence-electron chi connectivity index (χ1n) is 4.08. The molecule has 0 aliphatic carbocycles. The maximum atomic E-state index is 12.5. The Balaban J connectivity index is 2.79. The van der Waals surface area contributed by atoms with Crippen molar-refractivity contribution in [1.82, 2.24) is 0 Å². The van der Waals surface area contributed by atoms with Crippen LogP contribution in [0.2, 0.25) is 0 Å². The third-order valence-corrected chi connectivity index (χ3v) is 1.68. The van der Waals surface area contributed by atoms with Crippen LogP contribution in [0, 0.1) is 5.82 Å². The van der Waals surface area contributed by atoms with Crippen LogP contribution in [0.4, 0.5) is 4.39 Å². The lowest BCUT2D eigenvalue weighted by molar-refractivity contribution is -0.320. The molecule has 0 aromatic heterocycles. The molecule has 0 N–H and O–H groups in total. The minimum absolute atomic E-state index is 0.292. The zero-order valence-electron chi connectivity index (χ0n) is 7.91. The van der Waals surface area contributed by atoms with Crippen molar-refractivity contribution < 1.29 is 19.0 Å². The Labute approximate surface area is 81.1 Å². The van der Waals surface area contributed by atoms with E-state index in [9.17, 15) is 14.3 Å². The molecule has 0 saturated carbocycles. The molecule has 0 heterocycles. The molecule has 0 aliphatic heterocycles. The molecule has 0 spiro atoms. The number of hydrogen-bond acceptors (Lipinski definition) is 3. The highest BCUT2D eigenvalue weighted by Crippen LogP contribution is 2.17. The van der Waals surface area contributed by atoms with Gasteiger partial charge in [0.2, 0.25) is 0 Å². The molecule has 76 valence electrons. The highest BCUT2D eigenvalue weighted by Gasteiger charge is 2.21. The molecule has 0 aliphatic rings. The molecule has 14 heavy (non-hydrogen) atoms. The number of carbonyl (C=O) groups is 1. The molecule has 4 heteroatoms. The summed E-state index contributed by atoms with van der Waals surface area (Å²) >= 11 is 0. The minimum Gasteiger partial charge on any atom is -0.546 e. The number of aliphatic carboxylic acids is 1. The van der Waals surface area contributed by atoms with Crippen LogP contribution in [0.25, 0.3) is 0 Å². The van der Waals surface area contributed by atoms with E-state index < -0.39 is 17.4 Å². The Morgan fingerprint density at radius 2 is 1.86 bits per heavy atom. The van der Waals surface area contributed by atoms with E-state index >= 15 is 0 Å². The zero-order chi connectivity index (χ0) is 10.8. The summed E-state index contributed by atoms with van der Waals surface area (Å²) in [5, 5.41) is 10.6. The van der Waals surface area contributed by atoms with E-state index in [2.05, 4.69) is 0 Å². The van der Waals surface area contributed by atoms with Crippen molar-refractivity contribution in [2.75, 3.05) is 0 Å². The average Bonchev–Trinajstić information content (AvgIpc) is 2.08. The van der Waals surface area contributed by atoms with Crippen molar-refractivity contribution in [2.45, 2.75) is 19.4 Å². The number of ether oxygens (including phenoxy) is 1. The average molecular weight is 197 g/mol. The molecule has 0 radical (unpaired) electrons. The lowest BCUT2D eigenvalue weighted by atomic mass is 10.1. The lowest BCUT2D eigenvalue weighted by Crippen LogP contribution is -2.47. The molecule has 0 fully saturated rings. The van der Waals surface area contributed by atoms with Crippen LogP contribution in [-0.4, -0.2) is 11.6 Å². The van der Waals surface area contributed by atoms with Gasteiger partial charge in [-0.1, -0.05) is 0 Å². The van der Waals surface area contributed by atoms with Gasteiger partial charge in [0.15, 0.2) is 0 Å². The van der Waals surface area contributed by atoms with Crippen molar-refractivity contribution in [3.8, 4) is 5.75 Å². The molecule has 1 rings (SSSR count). The quantitative estimate of drug-likeness (QED) is 0.717. The van der Waals surface area contributed by atoms with Crippen molar-refractivity contribution >= 4 is 5.97 Å². The molecule has 0 unspecified atom stereocenters. The molecule has 1 aromatic carbocycles. The van der Waals surface area contributed by atoms with Gasteiger partial charge in [-0.05, 0) is 38.1 Å². The number of carboxylic acids is 1. The highest BCUT2D eigenvalue weighted by molar-refractivity contribution is 5.74. The van der Waals surface area contributed by atoms with Gasteiger partial charge in [-0.25, -0.2) is 4.39 Å². The van der Waals surface area contributed by atoms with Crippen molar-refractivity contribution in [3.05, 3.63) is 30.1 Å². The monoisotopic (exact) mass is 197 g/mol. The maximum absolute atomic E-state index is 12.5. The Hall–Kier alpha value is -1.58. The maximum Gasteiger partial charge on any atom is 0.143 e. The molecular weight excluding hydrogens is 187 g/mol. The number of halogens is 1. The van der Waals surface area contributed by atoms with E-state index in [1.807, 2.05) is 0 Å². The summed E-state index contributed by atoms with van der Waals surface area (Å²) in [5.74, 6) is -1.42. The van der Waals surface area contributed by atoms with Gasteiger partial charge >= 0.3 is 0 Å². The molecular formula is C10H10FO3-. The summed E-state index contributed by atoms with van der Waals surface area (Å²) in [5.41, 5.74) is -1.42. The van der Waals surface area contributed by atoms with Gasteiger partial charge in [-0.15, -0.1) is 0 Å². The minimum atomic E-state index is -1.42. The summed E-state index contributed by atoms with van der Waals surface area (Å²) in [6.07, 6.45) is 0. The van der Waals surface area contributed by atoms with Gasteiger partial charge in [0.1, 0.15) is 17.2 Å². The molecule has 3 nitrogen and oxygen atoms in total. The van der Waals surface area contributed by atoms with Gasteiger partial charge in [-0.2, -0.15) is 0 Å². The smallest absolute Gasteiger partial charge is 0.143 e. The van der Waals surface area contributed by atoms with Crippen LogP contribution in [0.3, 0.4) is 0 Å². The van der Waals surface area contributed by atoms with Gasteiger partial charge in [0.25, 0.3) is 0 Å². The number of carboxylic acid groups (broad SMARTS) is 1. The summed E-state index contributed by atoms with van der Waals surface area (Å²) in [4.78, 5) is 10.6. The van der Waals surface area contributed by atoms with Gasteiger partial charge in [-0.3, -0.25) is 0 Å². The fourth-order valence-corrected chi connectivity index (χ4v) is 0.839. The molecule has 0 atom stereocenters. The lowest BCUT2D eigenvalue weighted by Gasteiger charge is -2.27. The van der Waals surface area contributed by atoms with E-state index in [0.29, 0.717) is 5.75 Å². The number of benzene rings is 1. The van der Waals surface area contributed by atoms with E-state index in [-0.39, 0.29) is 0 Å². The first-order chi connectivity index (χ1) is 6.42. The normalized spacial score (nSPS) is 11.1. The van der Waals surface area contributed by atoms with Gasteiger partial charge < -0.3 is 14.6 Å². The topological polar surface area (TPSA) is 49.4 Å². The predicted molar refractivity (Wildman–Crippen MR) is 46.1 cm³/mol. The van der Waals surface area contributed by atoms with Crippen LogP contribution in [0.1, 0.15) is 13.8 Å². The summed E-state index contributed by atoms with van der Waals surface area (Å²) < 4.78 is 17.6. The van der Waals surface area contributed by atoms with Crippen LogP contribution in [0.5, 0.6) is 5.75 Å². The van der Waals surface area contributed by atoms with E-state index in [1.165, 1.54) is 38.1 Å². The molecule has 0 bridgehead atoms. The molecule has 1 aromatic rings. The van der Waals surface area contributed by atoms with Crippen molar-refractivity contribution in [2.24, 2.45) is 0 Å². The second-order valence-corrected chi connectivity index (χ2v) is 3.35. The standard InChI is InChI=1S/C10H11FO3/c1-10(2,9(12)13)14-8-5-3-7(11)4-6-8/h3-6H,1-2H3,(H,12,13)/p-1. The molecule has 0 saturated heterocycles. The summed E-state index contributed by atoms with van der Waals surface area (Å²) in [6, 6.07) is 5.11. The number of rotatable bonds is 3. The Kier molecular flexibility index (Phi) is 2.74. The van der Waals surface area contributed by atoms with Gasteiger partial charge in [0.05, 0.1) is 5.97 Å². The van der Waals surface area contributed by atoms with Crippen LogP contribution < -0.4 is 9.84 Å². The fraction of sp³-hybridized carbons (Fsp3) is 0.300. The van der Waals surface area contributed by atoms with E-state index in [0.717, 1.165) is 0 Å². The number of hydrogen-bond donors (Lipinski definition) is 0.